The molecule has 0 spiro atoms. The van der Waals surface area contributed by atoms with Crippen molar-refractivity contribution in [3.63, 3.8) is 0 Å². The average molecular weight is 314 g/mol. The number of carbonyl (C=O) groups excluding carboxylic acids is 1. The predicted molar refractivity (Wildman–Crippen MR) is 75.4 cm³/mol. The van der Waals surface area contributed by atoms with Crippen LogP contribution in [0.25, 0.3) is 0 Å². The lowest BCUT2D eigenvalue weighted by Gasteiger charge is -2.07. The second kappa shape index (κ2) is 5.26. The van der Waals surface area contributed by atoms with Crippen LogP contribution in [0.15, 0.2) is 35.5 Å². The van der Waals surface area contributed by atoms with Gasteiger partial charge in [-0.25, -0.2) is 8.42 Å². The molecule has 0 saturated carbocycles. The summed E-state index contributed by atoms with van der Waals surface area (Å²) in [5.41, 5.74) is 1.36. The molecule has 2 aromatic rings. The van der Waals surface area contributed by atoms with E-state index in [0.29, 0.717) is 16.8 Å². The van der Waals surface area contributed by atoms with E-state index in [9.17, 15) is 13.2 Å². The molecule has 0 fully saturated rings. The number of benzene rings is 1. The highest BCUT2D eigenvalue weighted by Gasteiger charge is 2.14. The van der Waals surface area contributed by atoms with Gasteiger partial charge in [0.05, 0.1) is 16.7 Å². The van der Waals surface area contributed by atoms with Crippen LogP contribution in [0.1, 0.15) is 15.9 Å². The molecule has 2 rings (SSSR count). The van der Waals surface area contributed by atoms with Crippen LogP contribution in [0.2, 0.25) is 0 Å². The Hall–Kier alpha value is -1.86. The van der Waals surface area contributed by atoms with Crippen LogP contribution in [0.5, 0.6) is 0 Å². The monoisotopic (exact) mass is 313 g/mol. The zero-order valence-corrected chi connectivity index (χ0v) is 12.4. The number of halogens is 1. The fraction of sp³-hybridized carbons (Fsp3) is 0.167. The van der Waals surface area contributed by atoms with Gasteiger partial charge in [-0.1, -0.05) is 0 Å². The summed E-state index contributed by atoms with van der Waals surface area (Å²) in [6.07, 6.45) is 3.03. The second-order valence-corrected chi connectivity index (χ2v) is 6.81. The Morgan fingerprint density at radius 1 is 1.40 bits per heavy atom. The molecule has 1 N–H and O–H groups in total. The quantitative estimate of drug-likeness (QED) is 0.878. The summed E-state index contributed by atoms with van der Waals surface area (Å²) in [5, 5.41) is 6.56. The van der Waals surface area contributed by atoms with Crippen molar-refractivity contribution in [2.24, 2.45) is 7.05 Å². The smallest absolute Gasteiger partial charge is 0.261 e. The molecule has 106 valence electrons. The van der Waals surface area contributed by atoms with Gasteiger partial charge in [-0.2, -0.15) is 5.10 Å². The minimum Gasteiger partial charge on any atom is -0.322 e. The summed E-state index contributed by atoms with van der Waals surface area (Å²) in [6.45, 7) is 1.61. The third-order valence-electron chi connectivity index (χ3n) is 2.66. The summed E-state index contributed by atoms with van der Waals surface area (Å²) in [5.74, 6) is -0.320. The van der Waals surface area contributed by atoms with Crippen LogP contribution < -0.4 is 5.32 Å². The summed E-state index contributed by atoms with van der Waals surface area (Å²) in [4.78, 5) is 11.9. The highest BCUT2D eigenvalue weighted by atomic mass is 35.7. The average Bonchev–Trinajstić information content (AvgIpc) is 2.74. The molecular formula is C12H12ClN3O3S. The van der Waals surface area contributed by atoms with Crippen molar-refractivity contribution in [2.45, 2.75) is 11.8 Å². The first-order valence-electron chi connectivity index (χ1n) is 5.62. The van der Waals surface area contributed by atoms with Crippen molar-refractivity contribution >= 4 is 31.3 Å². The highest BCUT2D eigenvalue weighted by molar-refractivity contribution is 8.13. The molecular weight excluding hydrogens is 302 g/mol. The first-order chi connectivity index (χ1) is 9.27. The predicted octanol–water partition coefficient (Wildman–Crippen LogP) is 1.91. The number of nitrogens with one attached hydrogen (secondary N) is 1. The van der Waals surface area contributed by atoms with Crippen LogP contribution in [0.4, 0.5) is 5.69 Å². The number of hydrogen-bond acceptors (Lipinski definition) is 4. The zero-order valence-electron chi connectivity index (χ0n) is 10.8. The Morgan fingerprint density at radius 2 is 2.10 bits per heavy atom. The first-order valence-corrected chi connectivity index (χ1v) is 7.93. The number of carbonyl (C=O) groups is 1. The Balaban J connectivity index is 2.23. The van der Waals surface area contributed by atoms with Crippen molar-refractivity contribution in [3.05, 3.63) is 41.7 Å². The van der Waals surface area contributed by atoms with E-state index in [-0.39, 0.29) is 10.8 Å². The van der Waals surface area contributed by atoms with Gasteiger partial charge in [0.25, 0.3) is 15.0 Å². The third-order valence-corrected chi connectivity index (χ3v) is 4.14. The van der Waals surface area contributed by atoms with Crippen molar-refractivity contribution in [1.29, 1.82) is 0 Å². The van der Waals surface area contributed by atoms with Gasteiger partial charge >= 0.3 is 0 Å². The second-order valence-electron chi connectivity index (χ2n) is 4.27. The summed E-state index contributed by atoms with van der Waals surface area (Å²) >= 11 is 0. The standard InChI is InChI=1S/C12H12ClN3O3S/c1-8-5-10(3-4-11(8)20(13,18)19)15-12(17)9-6-14-16(2)7-9/h3-7H,1-2H3,(H,15,17). The number of amides is 1. The van der Waals surface area contributed by atoms with E-state index in [4.69, 9.17) is 10.7 Å². The SMILES string of the molecule is Cc1cc(NC(=O)c2cnn(C)c2)ccc1S(=O)(=O)Cl. The van der Waals surface area contributed by atoms with Crippen LogP contribution in [-0.4, -0.2) is 24.1 Å². The van der Waals surface area contributed by atoms with Gasteiger partial charge in [-0.3, -0.25) is 9.48 Å². The molecule has 20 heavy (non-hydrogen) atoms. The van der Waals surface area contributed by atoms with Crippen LogP contribution in [-0.2, 0) is 16.1 Å². The fourth-order valence-electron chi connectivity index (χ4n) is 1.74. The van der Waals surface area contributed by atoms with Crippen molar-refractivity contribution in [2.75, 3.05) is 5.32 Å². The van der Waals surface area contributed by atoms with Crippen LogP contribution in [0.3, 0.4) is 0 Å². The lowest BCUT2D eigenvalue weighted by molar-refractivity contribution is 0.102. The zero-order chi connectivity index (χ0) is 14.9. The Labute approximate surface area is 120 Å². The molecule has 0 atom stereocenters. The van der Waals surface area contributed by atoms with Gasteiger partial charge in [0, 0.05) is 29.6 Å². The molecule has 0 radical (unpaired) electrons. The van der Waals surface area contributed by atoms with Crippen molar-refractivity contribution in [3.8, 4) is 0 Å². The largest absolute Gasteiger partial charge is 0.322 e. The topological polar surface area (TPSA) is 81.1 Å². The minimum absolute atomic E-state index is 0.0264. The van der Waals surface area contributed by atoms with Gasteiger partial charge < -0.3 is 5.32 Å². The molecule has 1 heterocycles. The Bertz CT molecular complexity index is 768. The number of hydrogen-bond donors (Lipinski definition) is 1. The van der Waals surface area contributed by atoms with E-state index >= 15 is 0 Å². The number of aromatic nitrogens is 2. The maximum atomic E-state index is 11.9. The van der Waals surface area contributed by atoms with Gasteiger partial charge in [0.15, 0.2) is 0 Å². The van der Waals surface area contributed by atoms with E-state index in [0.717, 1.165) is 0 Å². The molecule has 0 aliphatic carbocycles. The van der Waals surface area contributed by atoms with Crippen LogP contribution >= 0.6 is 10.7 Å². The van der Waals surface area contributed by atoms with E-state index in [1.807, 2.05) is 0 Å². The first kappa shape index (κ1) is 14.5. The Morgan fingerprint density at radius 3 is 2.60 bits per heavy atom. The normalized spacial score (nSPS) is 11.3. The molecule has 0 saturated heterocycles. The maximum absolute atomic E-state index is 11.9. The lowest BCUT2D eigenvalue weighted by atomic mass is 10.2. The number of nitrogens with zero attached hydrogens (tertiary/aromatic N) is 2. The summed E-state index contributed by atoms with van der Waals surface area (Å²) in [7, 11) is 3.22. The molecule has 8 heteroatoms. The molecule has 1 amide bonds. The van der Waals surface area contributed by atoms with E-state index in [1.165, 1.54) is 23.0 Å². The number of anilines is 1. The van der Waals surface area contributed by atoms with Crippen molar-refractivity contribution < 1.29 is 13.2 Å². The number of aryl methyl sites for hydroxylation is 2. The fourth-order valence-corrected chi connectivity index (χ4v) is 2.94. The molecule has 0 unspecified atom stereocenters. The Kier molecular flexibility index (Phi) is 3.82. The van der Waals surface area contributed by atoms with Crippen LogP contribution in [0, 0.1) is 6.92 Å². The maximum Gasteiger partial charge on any atom is 0.261 e. The van der Waals surface area contributed by atoms with E-state index in [2.05, 4.69) is 10.4 Å². The number of rotatable bonds is 3. The minimum atomic E-state index is -3.78. The van der Waals surface area contributed by atoms with Gasteiger partial charge in [0.2, 0.25) is 0 Å². The van der Waals surface area contributed by atoms with Gasteiger partial charge in [-0.15, -0.1) is 0 Å². The highest BCUT2D eigenvalue weighted by Crippen LogP contribution is 2.23. The molecule has 6 nitrogen and oxygen atoms in total. The summed E-state index contributed by atoms with van der Waals surface area (Å²) < 4.78 is 24.1. The van der Waals surface area contributed by atoms with E-state index in [1.54, 1.807) is 26.2 Å². The lowest BCUT2D eigenvalue weighted by Crippen LogP contribution is -2.11. The van der Waals surface area contributed by atoms with Gasteiger partial charge in [-0.05, 0) is 30.7 Å². The third kappa shape index (κ3) is 3.17. The van der Waals surface area contributed by atoms with E-state index < -0.39 is 9.05 Å². The molecule has 0 aliphatic rings. The molecule has 0 bridgehead atoms. The summed E-state index contributed by atoms with van der Waals surface area (Å²) in [6, 6.07) is 4.39. The van der Waals surface area contributed by atoms with Crippen molar-refractivity contribution in [1.82, 2.24) is 9.78 Å². The molecule has 0 aliphatic heterocycles. The molecule has 1 aromatic heterocycles. The van der Waals surface area contributed by atoms with Gasteiger partial charge in [0.1, 0.15) is 0 Å². The molecule has 1 aromatic carbocycles.